The quantitative estimate of drug-likeness (QED) is 0.688. The van der Waals surface area contributed by atoms with Crippen LogP contribution >= 0.6 is 0 Å². The lowest BCUT2D eigenvalue weighted by Crippen LogP contribution is -2.43. The van der Waals surface area contributed by atoms with Gasteiger partial charge in [0.25, 0.3) is 0 Å². The summed E-state index contributed by atoms with van der Waals surface area (Å²) < 4.78 is 13.7. The van der Waals surface area contributed by atoms with Crippen LogP contribution in [0.15, 0.2) is 17.3 Å². The Hall–Kier alpha value is -1.63. The summed E-state index contributed by atoms with van der Waals surface area (Å²) in [5.41, 5.74) is 3.53. The van der Waals surface area contributed by atoms with Gasteiger partial charge in [0, 0.05) is 12.7 Å². The Labute approximate surface area is 94.2 Å². The van der Waals surface area contributed by atoms with Crippen LogP contribution in [-0.4, -0.2) is 32.4 Å². The molecule has 5 nitrogen and oxygen atoms in total. The SMILES string of the molecule is [B]NCc1cnc(N2CCN=CN2)c(F)c1. The number of rotatable bonds is 3. The van der Waals surface area contributed by atoms with Gasteiger partial charge in [-0.3, -0.25) is 15.4 Å². The van der Waals surface area contributed by atoms with Crippen LogP contribution in [0.1, 0.15) is 5.56 Å². The van der Waals surface area contributed by atoms with Gasteiger partial charge in [-0.15, -0.1) is 0 Å². The van der Waals surface area contributed by atoms with E-state index in [0.717, 1.165) is 0 Å². The third-order valence-corrected chi connectivity index (χ3v) is 2.20. The first-order valence-corrected chi connectivity index (χ1v) is 4.91. The second-order valence-electron chi connectivity index (χ2n) is 3.35. The summed E-state index contributed by atoms with van der Waals surface area (Å²) in [6.45, 7) is 1.61. The number of aliphatic imine (C=N–C) groups is 1. The topological polar surface area (TPSA) is 52.6 Å². The summed E-state index contributed by atoms with van der Waals surface area (Å²) in [5, 5.41) is 4.07. The van der Waals surface area contributed by atoms with Crippen molar-refractivity contribution in [3.8, 4) is 0 Å². The van der Waals surface area contributed by atoms with Gasteiger partial charge in [0.2, 0.25) is 0 Å². The highest BCUT2D eigenvalue weighted by Gasteiger charge is 2.14. The Bertz CT molecular complexity index is 397. The monoisotopic (exact) mass is 219 g/mol. The van der Waals surface area contributed by atoms with Crippen LogP contribution in [0.4, 0.5) is 10.2 Å². The summed E-state index contributed by atoms with van der Waals surface area (Å²) in [4.78, 5) is 8.03. The van der Waals surface area contributed by atoms with Crippen LogP contribution in [0.5, 0.6) is 0 Å². The molecule has 0 saturated carbocycles. The van der Waals surface area contributed by atoms with Crippen molar-refractivity contribution in [2.75, 3.05) is 18.1 Å². The van der Waals surface area contributed by atoms with Gasteiger partial charge in [0.1, 0.15) is 6.34 Å². The second kappa shape index (κ2) is 4.93. The van der Waals surface area contributed by atoms with E-state index < -0.39 is 0 Å². The Morgan fingerprint density at radius 2 is 2.50 bits per heavy atom. The Morgan fingerprint density at radius 3 is 3.12 bits per heavy atom. The Kier molecular flexibility index (Phi) is 3.35. The van der Waals surface area contributed by atoms with Gasteiger partial charge >= 0.3 is 0 Å². The van der Waals surface area contributed by atoms with Gasteiger partial charge in [0.05, 0.1) is 13.1 Å². The average Bonchev–Trinajstić information content (AvgIpc) is 2.31. The maximum absolute atomic E-state index is 13.7. The van der Waals surface area contributed by atoms with E-state index in [1.807, 2.05) is 0 Å². The minimum atomic E-state index is -0.379. The van der Waals surface area contributed by atoms with Gasteiger partial charge in [-0.25, -0.2) is 9.37 Å². The van der Waals surface area contributed by atoms with Crippen molar-refractivity contribution in [2.45, 2.75) is 6.54 Å². The molecule has 0 aromatic carbocycles. The molecule has 0 atom stereocenters. The van der Waals surface area contributed by atoms with Crippen molar-refractivity contribution < 1.29 is 4.39 Å². The molecule has 7 heteroatoms. The van der Waals surface area contributed by atoms with E-state index in [4.69, 9.17) is 7.98 Å². The second-order valence-corrected chi connectivity index (χ2v) is 3.35. The molecule has 0 saturated heterocycles. The van der Waals surface area contributed by atoms with E-state index in [0.29, 0.717) is 25.2 Å². The molecule has 2 heterocycles. The van der Waals surface area contributed by atoms with E-state index >= 15 is 0 Å². The third-order valence-electron chi connectivity index (χ3n) is 2.20. The van der Waals surface area contributed by atoms with E-state index in [9.17, 15) is 4.39 Å². The molecule has 1 aliphatic heterocycles. The van der Waals surface area contributed by atoms with E-state index in [1.165, 1.54) is 12.4 Å². The van der Waals surface area contributed by atoms with Crippen molar-refractivity contribution in [3.63, 3.8) is 0 Å². The van der Waals surface area contributed by atoms with Crippen LogP contribution in [0.2, 0.25) is 0 Å². The molecule has 2 rings (SSSR count). The van der Waals surface area contributed by atoms with E-state index in [2.05, 4.69) is 20.6 Å². The zero-order valence-electron chi connectivity index (χ0n) is 8.65. The average molecular weight is 219 g/mol. The Balaban J connectivity index is 2.18. The maximum Gasteiger partial charge on any atom is 0.183 e. The molecular weight excluding hydrogens is 208 g/mol. The number of nitrogens with zero attached hydrogens (tertiary/aromatic N) is 3. The molecule has 1 aromatic heterocycles. The number of nitrogens with one attached hydrogen (secondary N) is 2. The highest BCUT2D eigenvalue weighted by atomic mass is 19.1. The zero-order chi connectivity index (χ0) is 11.4. The Morgan fingerprint density at radius 1 is 1.62 bits per heavy atom. The maximum atomic E-state index is 13.7. The number of pyridine rings is 1. The first kappa shape index (κ1) is 10.9. The highest BCUT2D eigenvalue weighted by molar-refractivity contribution is 6.04. The number of aromatic nitrogens is 1. The molecule has 0 bridgehead atoms. The predicted octanol–water partition coefficient (Wildman–Crippen LogP) is -0.253. The van der Waals surface area contributed by atoms with Crippen LogP contribution in [-0.2, 0) is 6.54 Å². The summed E-state index contributed by atoms with van der Waals surface area (Å²) in [6.07, 6.45) is 3.12. The van der Waals surface area contributed by atoms with Crippen molar-refractivity contribution >= 4 is 20.1 Å². The van der Waals surface area contributed by atoms with Crippen LogP contribution < -0.4 is 15.7 Å². The van der Waals surface area contributed by atoms with Crippen LogP contribution in [0.3, 0.4) is 0 Å². The van der Waals surface area contributed by atoms with Crippen molar-refractivity contribution in [1.29, 1.82) is 0 Å². The molecule has 82 valence electrons. The highest BCUT2D eigenvalue weighted by Crippen LogP contribution is 2.15. The standard InChI is InChI=1S/C9H11BFN5/c10-14-5-7-3-8(11)9(13-4-7)16-2-1-12-6-15-16/h3-4,6,14H,1-2,5H2,(H,12,15). The van der Waals surface area contributed by atoms with E-state index in [-0.39, 0.29) is 11.6 Å². The largest absolute Gasteiger partial charge is 0.363 e. The molecule has 2 radical (unpaired) electrons. The van der Waals surface area contributed by atoms with Crippen molar-refractivity contribution in [3.05, 3.63) is 23.6 Å². The lowest BCUT2D eigenvalue weighted by molar-refractivity contribution is 0.596. The number of hydrogen-bond acceptors (Lipinski definition) is 5. The molecule has 1 aromatic rings. The van der Waals surface area contributed by atoms with Crippen molar-refractivity contribution in [2.24, 2.45) is 4.99 Å². The third kappa shape index (κ3) is 2.30. The van der Waals surface area contributed by atoms with Gasteiger partial charge in [-0.2, -0.15) is 0 Å². The normalized spacial score (nSPS) is 14.9. The molecule has 0 unspecified atom stereocenters. The summed E-state index contributed by atoms with van der Waals surface area (Å²) in [6, 6.07) is 1.41. The molecule has 2 N–H and O–H groups in total. The molecule has 0 fully saturated rings. The smallest absolute Gasteiger partial charge is 0.183 e. The molecule has 1 aliphatic rings. The lowest BCUT2D eigenvalue weighted by atomic mass is 10.2. The van der Waals surface area contributed by atoms with Crippen LogP contribution in [0.25, 0.3) is 0 Å². The van der Waals surface area contributed by atoms with Gasteiger partial charge < -0.3 is 5.23 Å². The number of anilines is 1. The molecule has 0 spiro atoms. The fourth-order valence-corrected chi connectivity index (χ4v) is 1.45. The van der Waals surface area contributed by atoms with Crippen LogP contribution in [0, 0.1) is 5.82 Å². The molecule has 16 heavy (non-hydrogen) atoms. The molecule has 0 amide bonds. The van der Waals surface area contributed by atoms with Crippen molar-refractivity contribution in [1.82, 2.24) is 15.6 Å². The van der Waals surface area contributed by atoms with Gasteiger partial charge in [0.15, 0.2) is 19.6 Å². The van der Waals surface area contributed by atoms with Gasteiger partial charge in [-0.05, 0) is 11.6 Å². The predicted molar refractivity (Wildman–Crippen MR) is 60.6 cm³/mol. The molecular formula is C9H11BFN5. The first-order valence-electron chi connectivity index (χ1n) is 4.91. The minimum absolute atomic E-state index is 0.270. The summed E-state index contributed by atoms with van der Waals surface area (Å²) in [5.74, 6) is -0.109. The minimum Gasteiger partial charge on any atom is -0.363 e. The number of hydrazine groups is 1. The first-order chi connectivity index (χ1) is 7.81. The lowest BCUT2D eigenvalue weighted by Gasteiger charge is -2.25. The zero-order valence-corrected chi connectivity index (χ0v) is 8.65. The summed E-state index contributed by atoms with van der Waals surface area (Å²) in [7, 11) is 5.15. The summed E-state index contributed by atoms with van der Waals surface area (Å²) >= 11 is 0. The van der Waals surface area contributed by atoms with Gasteiger partial charge in [-0.1, -0.05) is 0 Å². The number of halogens is 1. The molecule has 0 aliphatic carbocycles. The number of hydrogen-bond donors (Lipinski definition) is 2. The fraction of sp³-hybridized carbons (Fsp3) is 0.333. The van der Waals surface area contributed by atoms with E-state index in [1.54, 1.807) is 11.2 Å². The fourth-order valence-electron chi connectivity index (χ4n) is 1.45.